The third kappa shape index (κ3) is 4.93. The Labute approximate surface area is 118 Å². The van der Waals surface area contributed by atoms with Crippen molar-refractivity contribution >= 4 is 17.7 Å². The van der Waals surface area contributed by atoms with Gasteiger partial charge < -0.3 is 15.7 Å². The Hall–Kier alpha value is -2.32. The molecule has 0 bridgehead atoms. The third-order valence-corrected chi connectivity index (χ3v) is 2.53. The topological polar surface area (TPSA) is 91.3 Å². The molecule has 21 heavy (non-hydrogen) atoms. The number of rotatable bonds is 4. The molecule has 0 aliphatic heterocycles. The zero-order chi connectivity index (χ0) is 16.2. The summed E-state index contributed by atoms with van der Waals surface area (Å²) in [5.41, 5.74) is -1.06. The number of carboxylic acids is 1. The van der Waals surface area contributed by atoms with Crippen LogP contribution in [0.15, 0.2) is 18.3 Å². The Kier molecular flexibility index (Phi) is 5.12. The van der Waals surface area contributed by atoms with Crippen molar-refractivity contribution in [3.8, 4) is 0 Å². The Balaban J connectivity index is 2.69. The lowest BCUT2D eigenvalue weighted by Gasteiger charge is -2.18. The Bertz CT molecular complexity index is 515. The number of carboxylic acid groups (broad SMARTS) is 1. The van der Waals surface area contributed by atoms with Crippen molar-refractivity contribution in [2.24, 2.45) is 5.92 Å². The van der Waals surface area contributed by atoms with Crippen LogP contribution in [0.1, 0.15) is 19.5 Å². The normalized spacial score (nSPS) is 12.9. The first-order chi connectivity index (χ1) is 9.61. The number of anilines is 1. The number of alkyl halides is 3. The van der Waals surface area contributed by atoms with Crippen molar-refractivity contribution < 1.29 is 27.9 Å². The van der Waals surface area contributed by atoms with E-state index in [4.69, 9.17) is 5.11 Å². The third-order valence-electron chi connectivity index (χ3n) is 2.53. The van der Waals surface area contributed by atoms with E-state index in [1.165, 1.54) is 0 Å². The van der Waals surface area contributed by atoms with E-state index in [1.54, 1.807) is 13.8 Å². The van der Waals surface area contributed by atoms with Crippen molar-refractivity contribution in [2.45, 2.75) is 26.1 Å². The molecule has 0 aliphatic carbocycles. The van der Waals surface area contributed by atoms with Gasteiger partial charge in [0.05, 0.1) is 11.9 Å². The number of nitrogens with zero attached hydrogens (tertiary/aromatic N) is 1. The number of nitrogens with one attached hydrogen (secondary N) is 2. The maximum Gasteiger partial charge on any atom is 0.433 e. The van der Waals surface area contributed by atoms with Crippen molar-refractivity contribution in [1.29, 1.82) is 0 Å². The number of hydrogen-bond acceptors (Lipinski definition) is 3. The zero-order valence-electron chi connectivity index (χ0n) is 11.2. The van der Waals surface area contributed by atoms with Gasteiger partial charge in [0.1, 0.15) is 11.7 Å². The predicted molar refractivity (Wildman–Crippen MR) is 67.7 cm³/mol. The highest BCUT2D eigenvalue weighted by Gasteiger charge is 2.32. The monoisotopic (exact) mass is 305 g/mol. The van der Waals surface area contributed by atoms with Gasteiger partial charge in [0, 0.05) is 0 Å². The van der Waals surface area contributed by atoms with Crippen LogP contribution >= 0.6 is 0 Å². The highest BCUT2D eigenvalue weighted by Crippen LogP contribution is 2.27. The summed E-state index contributed by atoms with van der Waals surface area (Å²) in [4.78, 5) is 25.7. The zero-order valence-corrected chi connectivity index (χ0v) is 11.2. The van der Waals surface area contributed by atoms with Gasteiger partial charge in [-0.2, -0.15) is 13.2 Å². The minimum Gasteiger partial charge on any atom is -0.480 e. The summed E-state index contributed by atoms with van der Waals surface area (Å²) < 4.78 is 36.9. The van der Waals surface area contributed by atoms with E-state index in [0.717, 1.165) is 12.3 Å². The first kappa shape index (κ1) is 16.7. The standard InChI is InChI=1S/C12H14F3N3O3/c1-6(2)9(10(19)20)18-11(21)17-7-3-4-8(16-5-7)12(13,14)15/h3-6,9H,1-2H3,(H,19,20)(H2,17,18,21). The summed E-state index contributed by atoms with van der Waals surface area (Å²) in [7, 11) is 0. The molecule has 1 aromatic rings. The van der Waals surface area contributed by atoms with Gasteiger partial charge in [-0.3, -0.25) is 0 Å². The lowest BCUT2D eigenvalue weighted by molar-refractivity contribution is -0.141. The van der Waals surface area contributed by atoms with E-state index < -0.39 is 29.9 Å². The molecule has 1 heterocycles. The number of hydrogen-bond donors (Lipinski definition) is 3. The average molecular weight is 305 g/mol. The number of halogens is 3. The molecule has 1 aromatic heterocycles. The van der Waals surface area contributed by atoms with Gasteiger partial charge in [-0.15, -0.1) is 0 Å². The largest absolute Gasteiger partial charge is 0.480 e. The molecule has 0 saturated carbocycles. The van der Waals surface area contributed by atoms with Crippen LogP contribution < -0.4 is 10.6 Å². The van der Waals surface area contributed by atoms with Crippen LogP contribution in [0.5, 0.6) is 0 Å². The molecule has 6 nitrogen and oxygen atoms in total. The molecule has 0 aliphatic rings. The molecule has 1 rings (SSSR count). The summed E-state index contributed by atoms with van der Waals surface area (Å²) in [5, 5.41) is 13.3. The van der Waals surface area contributed by atoms with Crippen molar-refractivity contribution in [3.05, 3.63) is 24.0 Å². The first-order valence-electron chi connectivity index (χ1n) is 5.95. The SMILES string of the molecule is CC(C)C(NC(=O)Nc1ccc(C(F)(F)F)nc1)C(=O)O. The van der Waals surface area contributed by atoms with Gasteiger partial charge in [0.25, 0.3) is 0 Å². The van der Waals surface area contributed by atoms with Crippen LogP contribution in [0.2, 0.25) is 0 Å². The Morgan fingerprint density at radius 3 is 2.29 bits per heavy atom. The molecule has 0 aromatic carbocycles. The second-order valence-electron chi connectivity index (χ2n) is 4.59. The molecular weight excluding hydrogens is 291 g/mol. The molecule has 2 amide bonds. The van der Waals surface area contributed by atoms with E-state index in [9.17, 15) is 22.8 Å². The van der Waals surface area contributed by atoms with Crippen molar-refractivity contribution in [2.75, 3.05) is 5.32 Å². The first-order valence-corrected chi connectivity index (χ1v) is 5.95. The van der Waals surface area contributed by atoms with Crippen LogP contribution in [0.3, 0.4) is 0 Å². The quantitative estimate of drug-likeness (QED) is 0.796. The lowest BCUT2D eigenvalue weighted by Crippen LogP contribution is -2.46. The number of amides is 2. The minimum atomic E-state index is -4.56. The smallest absolute Gasteiger partial charge is 0.433 e. The number of aliphatic carboxylic acids is 1. The number of carbonyl (C=O) groups excluding carboxylic acids is 1. The van der Waals surface area contributed by atoms with E-state index in [1.807, 2.05) is 0 Å². The van der Waals surface area contributed by atoms with Gasteiger partial charge in [-0.1, -0.05) is 13.8 Å². The van der Waals surface area contributed by atoms with Gasteiger partial charge in [-0.25, -0.2) is 14.6 Å². The second kappa shape index (κ2) is 6.42. The van der Waals surface area contributed by atoms with Crippen LogP contribution in [-0.4, -0.2) is 28.1 Å². The molecule has 1 atom stereocenters. The van der Waals surface area contributed by atoms with Gasteiger partial charge >= 0.3 is 18.2 Å². The van der Waals surface area contributed by atoms with Crippen LogP contribution in [0.4, 0.5) is 23.7 Å². The highest BCUT2D eigenvalue weighted by atomic mass is 19.4. The summed E-state index contributed by atoms with van der Waals surface area (Å²) in [6.45, 7) is 3.22. The average Bonchev–Trinajstić information content (AvgIpc) is 2.34. The van der Waals surface area contributed by atoms with Crippen molar-refractivity contribution in [1.82, 2.24) is 10.3 Å². The van der Waals surface area contributed by atoms with E-state index >= 15 is 0 Å². The van der Waals surface area contributed by atoms with E-state index in [-0.39, 0.29) is 11.6 Å². The molecule has 3 N–H and O–H groups in total. The fraction of sp³-hybridized carbons (Fsp3) is 0.417. The highest BCUT2D eigenvalue weighted by molar-refractivity contribution is 5.92. The molecule has 1 unspecified atom stereocenters. The summed E-state index contributed by atoms with van der Waals surface area (Å²) in [6.07, 6.45) is -3.72. The van der Waals surface area contributed by atoms with Crippen LogP contribution in [-0.2, 0) is 11.0 Å². The summed E-state index contributed by atoms with van der Waals surface area (Å²) >= 11 is 0. The number of carbonyl (C=O) groups is 2. The Morgan fingerprint density at radius 2 is 1.90 bits per heavy atom. The van der Waals surface area contributed by atoms with Crippen LogP contribution in [0.25, 0.3) is 0 Å². The molecule has 116 valence electrons. The molecule has 0 fully saturated rings. The fourth-order valence-corrected chi connectivity index (χ4v) is 1.46. The van der Waals surface area contributed by atoms with Gasteiger partial charge in [-0.05, 0) is 18.1 Å². The second-order valence-corrected chi connectivity index (χ2v) is 4.59. The van der Waals surface area contributed by atoms with E-state index in [0.29, 0.717) is 6.07 Å². The van der Waals surface area contributed by atoms with Gasteiger partial charge in [0.2, 0.25) is 0 Å². The number of pyridine rings is 1. The maximum absolute atomic E-state index is 12.3. The fourth-order valence-electron chi connectivity index (χ4n) is 1.46. The molecule has 9 heteroatoms. The van der Waals surface area contributed by atoms with Crippen molar-refractivity contribution in [3.63, 3.8) is 0 Å². The molecule has 0 saturated heterocycles. The predicted octanol–water partition coefficient (Wildman–Crippen LogP) is 2.33. The maximum atomic E-state index is 12.3. The molecule has 0 radical (unpaired) electrons. The summed E-state index contributed by atoms with van der Waals surface area (Å²) in [5.74, 6) is -1.55. The molecule has 0 spiro atoms. The van der Waals surface area contributed by atoms with Gasteiger partial charge in [0.15, 0.2) is 0 Å². The number of urea groups is 1. The Morgan fingerprint density at radius 1 is 1.29 bits per heavy atom. The van der Waals surface area contributed by atoms with Crippen LogP contribution in [0, 0.1) is 5.92 Å². The molecular formula is C12H14F3N3O3. The summed E-state index contributed by atoms with van der Waals surface area (Å²) in [6, 6.07) is -0.196. The minimum absolute atomic E-state index is 0.0217. The van der Waals surface area contributed by atoms with E-state index in [2.05, 4.69) is 15.6 Å². The number of aromatic nitrogens is 1. The lowest BCUT2D eigenvalue weighted by atomic mass is 10.1.